The molecule has 9 aromatic carbocycles. The lowest BCUT2D eigenvalue weighted by Gasteiger charge is -2.34. The molecule has 0 radical (unpaired) electrons. The van der Waals surface area contributed by atoms with Crippen LogP contribution in [0.15, 0.2) is 217 Å². The highest BCUT2D eigenvalue weighted by Gasteiger charge is 2.27. The summed E-state index contributed by atoms with van der Waals surface area (Å²) in [6, 6.07) is 67.4. The minimum absolute atomic E-state index is 1.03. The molecule has 0 unspecified atom stereocenters. The summed E-state index contributed by atoms with van der Waals surface area (Å²) in [6.07, 6.45) is 11.5. The monoisotopic (exact) mass is 727 g/mol. The second kappa shape index (κ2) is 14.0. The molecule has 0 bridgehead atoms. The van der Waals surface area contributed by atoms with Crippen molar-refractivity contribution in [1.82, 2.24) is 0 Å². The summed E-state index contributed by atoms with van der Waals surface area (Å²) in [7, 11) is 0. The fraction of sp³-hybridized carbons (Fsp3) is 0.0714. The van der Waals surface area contributed by atoms with E-state index in [-0.39, 0.29) is 0 Å². The molecule has 0 amide bonds. The first-order chi connectivity index (χ1) is 28.3. The highest BCUT2D eigenvalue weighted by atomic mass is 15.2. The van der Waals surface area contributed by atoms with Crippen molar-refractivity contribution in [3.05, 3.63) is 217 Å². The first kappa shape index (κ1) is 33.4. The third kappa shape index (κ3) is 5.61. The molecule has 0 fully saturated rings. The van der Waals surface area contributed by atoms with Crippen molar-refractivity contribution >= 4 is 54.5 Å². The molecule has 0 saturated heterocycles. The normalized spacial score (nSPS) is 14.0. The molecule has 57 heavy (non-hydrogen) atoms. The lowest BCUT2D eigenvalue weighted by atomic mass is 9.81. The van der Waals surface area contributed by atoms with Gasteiger partial charge in [-0.1, -0.05) is 176 Å². The van der Waals surface area contributed by atoms with Crippen molar-refractivity contribution in [2.24, 2.45) is 0 Å². The van der Waals surface area contributed by atoms with Crippen LogP contribution in [0, 0.1) is 0 Å². The molecule has 1 heteroatoms. The molecule has 0 saturated carbocycles. The van der Waals surface area contributed by atoms with Crippen LogP contribution < -0.4 is 4.90 Å². The van der Waals surface area contributed by atoms with Crippen molar-refractivity contribution in [2.45, 2.75) is 25.7 Å². The second-order valence-electron chi connectivity index (χ2n) is 15.4. The number of benzene rings is 9. The maximum Gasteiger partial charge on any atom is 0.0540 e. The summed E-state index contributed by atoms with van der Waals surface area (Å²) in [6.45, 7) is 0. The Morgan fingerprint density at radius 1 is 0.421 bits per heavy atom. The molecule has 2 aliphatic rings. The van der Waals surface area contributed by atoms with Gasteiger partial charge >= 0.3 is 0 Å². The Kier molecular flexibility index (Phi) is 8.18. The number of nitrogens with zero attached hydrogens (tertiary/aromatic N) is 1. The molecule has 0 aromatic heterocycles. The summed E-state index contributed by atoms with van der Waals surface area (Å²) < 4.78 is 0. The molecule has 0 N–H and O–H groups in total. The predicted octanol–water partition coefficient (Wildman–Crippen LogP) is 15.8. The Morgan fingerprint density at radius 2 is 1.05 bits per heavy atom. The molecule has 270 valence electrons. The summed E-state index contributed by atoms with van der Waals surface area (Å²) in [5.74, 6) is 0. The van der Waals surface area contributed by atoms with E-state index in [4.69, 9.17) is 0 Å². The molecule has 2 aliphatic carbocycles. The van der Waals surface area contributed by atoms with E-state index in [0.29, 0.717) is 0 Å². The number of hydrogen-bond acceptors (Lipinski definition) is 1. The van der Waals surface area contributed by atoms with Crippen LogP contribution in [0.5, 0.6) is 0 Å². The van der Waals surface area contributed by atoms with Gasteiger partial charge in [0.2, 0.25) is 0 Å². The third-order valence-electron chi connectivity index (χ3n) is 12.2. The Balaban J connectivity index is 1.29. The Hall–Kier alpha value is -6.96. The molecule has 0 heterocycles. The minimum Gasteiger partial charge on any atom is -0.310 e. The highest BCUT2D eigenvalue weighted by molar-refractivity contribution is 6.33. The average Bonchev–Trinajstić information content (AvgIpc) is 3.29. The number of anilines is 2. The van der Waals surface area contributed by atoms with Gasteiger partial charge in [-0.2, -0.15) is 0 Å². The van der Waals surface area contributed by atoms with Crippen molar-refractivity contribution < 1.29 is 0 Å². The fourth-order valence-electron chi connectivity index (χ4n) is 9.64. The summed E-state index contributed by atoms with van der Waals surface area (Å²) in [5, 5.41) is 10.1. The average molecular weight is 728 g/mol. The van der Waals surface area contributed by atoms with Crippen molar-refractivity contribution in [1.29, 1.82) is 0 Å². The lowest BCUT2D eigenvalue weighted by Crippen LogP contribution is -2.21. The zero-order valence-corrected chi connectivity index (χ0v) is 31.8. The third-order valence-corrected chi connectivity index (χ3v) is 12.2. The molecular formula is C56H41N. The van der Waals surface area contributed by atoms with Crippen LogP contribution in [0.1, 0.15) is 25.7 Å². The van der Waals surface area contributed by atoms with E-state index in [9.17, 15) is 0 Å². The van der Waals surface area contributed by atoms with E-state index >= 15 is 0 Å². The maximum atomic E-state index is 2.57. The van der Waals surface area contributed by atoms with Crippen LogP contribution in [0.4, 0.5) is 11.4 Å². The van der Waals surface area contributed by atoms with E-state index in [2.05, 4.69) is 205 Å². The van der Waals surface area contributed by atoms with Crippen LogP contribution in [-0.4, -0.2) is 0 Å². The number of fused-ring (bicyclic) bond motifs is 7. The van der Waals surface area contributed by atoms with Gasteiger partial charge in [0.25, 0.3) is 0 Å². The zero-order chi connectivity index (χ0) is 37.7. The number of rotatable bonds is 6. The molecule has 11 rings (SSSR count). The van der Waals surface area contributed by atoms with E-state index in [1.807, 2.05) is 0 Å². The standard InChI is InChI=1S/C56H41N/c1-4-18-40(19-5-1)49-37-50(41-20-6-2-7-21-41)55-47-31-15-14-30-46(47)51-36-43(34-35-48(51)56(55)54(49)42-24-8-3-9-25-42)57(52-32-16-26-38-22-10-12-28-44(38)52)53-33-17-27-39-23-11-13-29-45(39)53/h1-12,14-16,18-26,28,30-37H,13,17,27,29H2. The van der Waals surface area contributed by atoms with Crippen LogP contribution in [0.2, 0.25) is 0 Å². The highest BCUT2D eigenvalue weighted by Crippen LogP contribution is 2.51. The SMILES string of the molecule is C1=CC2=C(CC1)C(N(c1ccc3c(c1)c1ccccc1c1c(-c4ccccc4)cc(-c4ccccc4)c(-c4ccccc4)c31)c1cccc3ccccc13)=CCC2. The van der Waals surface area contributed by atoms with Gasteiger partial charge in [-0.15, -0.1) is 0 Å². The van der Waals surface area contributed by atoms with Crippen LogP contribution in [0.3, 0.4) is 0 Å². The Morgan fingerprint density at radius 3 is 1.82 bits per heavy atom. The predicted molar refractivity (Wildman–Crippen MR) is 244 cm³/mol. The van der Waals surface area contributed by atoms with Crippen LogP contribution in [0.25, 0.3) is 76.5 Å². The smallest absolute Gasteiger partial charge is 0.0540 e. The van der Waals surface area contributed by atoms with E-state index in [1.165, 1.54) is 105 Å². The molecule has 0 aliphatic heterocycles. The van der Waals surface area contributed by atoms with E-state index < -0.39 is 0 Å². The number of hydrogen-bond donors (Lipinski definition) is 0. The van der Waals surface area contributed by atoms with E-state index in [0.717, 1.165) is 25.7 Å². The van der Waals surface area contributed by atoms with Crippen LogP contribution in [-0.2, 0) is 0 Å². The van der Waals surface area contributed by atoms with Crippen molar-refractivity contribution in [3.63, 3.8) is 0 Å². The zero-order valence-electron chi connectivity index (χ0n) is 31.8. The molecule has 0 spiro atoms. The van der Waals surface area contributed by atoms with Crippen molar-refractivity contribution in [2.75, 3.05) is 4.90 Å². The van der Waals surface area contributed by atoms with E-state index in [1.54, 1.807) is 0 Å². The quantitative estimate of drug-likeness (QED) is 0.154. The summed E-state index contributed by atoms with van der Waals surface area (Å²) in [4.78, 5) is 2.57. The largest absolute Gasteiger partial charge is 0.310 e. The van der Waals surface area contributed by atoms with Gasteiger partial charge in [0.05, 0.1) is 5.69 Å². The maximum absolute atomic E-state index is 2.57. The Labute approximate surface area is 334 Å². The van der Waals surface area contributed by atoms with Crippen molar-refractivity contribution in [3.8, 4) is 33.4 Å². The number of allylic oxidation sites excluding steroid dienone is 5. The van der Waals surface area contributed by atoms with Gasteiger partial charge in [-0.3, -0.25) is 0 Å². The fourth-order valence-corrected chi connectivity index (χ4v) is 9.64. The minimum atomic E-state index is 1.03. The van der Waals surface area contributed by atoms with Gasteiger partial charge in [0.15, 0.2) is 0 Å². The summed E-state index contributed by atoms with van der Waals surface area (Å²) >= 11 is 0. The van der Waals surface area contributed by atoms with Gasteiger partial charge in [0.1, 0.15) is 0 Å². The first-order valence-corrected chi connectivity index (χ1v) is 20.3. The second-order valence-corrected chi connectivity index (χ2v) is 15.4. The van der Waals surface area contributed by atoms with Crippen LogP contribution >= 0.6 is 0 Å². The Bertz CT molecular complexity index is 3090. The first-order valence-electron chi connectivity index (χ1n) is 20.3. The molecular weight excluding hydrogens is 687 g/mol. The molecule has 9 aromatic rings. The van der Waals surface area contributed by atoms with Gasteiger partial charge in [-0.25, -0.2) is 0 Å². The van der Waals surface area contributed by atoms with Gasteiger partial charge in [-0.05, 0) is 132 Å². The summed E-state index contributed by atoms with van der Waals surface area (Å²) in [5.41, 5.74) is 14.1. The molecule has 0 atom stereocenters. The molecule has 1 nitrogen and oxygen atoms in total. The van der Waals surface area contributed by atoms with Gasteiger partial charge < -0.3 is 4.90 Å². The van der Waals surface area contributed by atoms with Gasteiger partial charge in [0, 0.05) is 16.8 Å². The lowest BCUT2D eigenvalue weighted by molar-refractivity contribution is 0.848. The topological polar surface area (TPSA) is 3.24 Å².